The lowest BCUT2D eigenvalue weighted by Crippen LogP contribution is -2.53. The molecule has 6 nitrogen and oxygen atoms in total. The Morgan fingerprint density at radius 3 is 2.48 bits per heavy atom. The highest BCUT2D eigenvalue weighted by Crippen LogP contribution is 2.41. The molecule has 2 saturated heterocycles. The fraction of sp³-hybridized carbons (Fsp3) is 0.955. The van der Waals surface area contributed by atoms with Crippen LogP contribution in [0.2, 0.25) is 5.82 Å². The van der Waals surface area contributed by atoms with Crippen LogP contribution in [0.15, 0.2) is 0 Å². The summed E-state index contributed by atoms with van der Waals surface area (Å²) in [6.07, 6.45) is 11.3. The topological polar surface area (TPSA) is 98.8 Å². The number of hydrogen-bond donors (Lipinski definition) is 4. The van der Waals surface area contributed by atoms with E-state index in [0.29, 0.717) is 17.9 Å². The zero-order valence-corrected chi connectivity index (χ0v) is 17.8. The van der Waals surface area contributed by atoms with Crippen LogP contribution in [-0.2, 0) is 4.79 Å². The molecule has 4 aliphatic rings. The third-order valence-electron chi connectivity index (χ3n) is 8.69. The molecule has 29 heavy (non-hydrogen) atoms. The number of likely N-dealkylation sites (tertiary alicyclic amines) is 1. The summed E-state index contributed by atoms with van der Waals surface area (Å²) in [7, 11) is -1.21. The van der Waals surface area contributed by atoms with Gasteiger partial charge in [0, 0.05) is 25.7 Å². The number of piperidine rings is 2. The van der Waals surface area contributed by atoms with Gasteiger partial charge >= 0.3 is 7.12 Å². The summed E-state index contributed by atoms with van der Waals surface area (Å²) >= 11 is 0. The normalized spacial score (nSPS) is 39.1. The molecule has 5 N–H and O–H groups in total. The summed E-state index contributed by atoms with van der Waals surface area (Å²) < 4.78 is 0. The Labute approximate surface area is 176 Å². The zero-order valence-electron chi connectivity index (χ0n) is 17.8. The van der Waals surface area contributed by atoms with Gasteiger partial charge in [0.05, 0.1) is 5.92 Å². The van der Waals surface area contributed by atoms with E-state index >= 15 is 0 Å². The molecule has 2 aliphatic heterocycles. The fourth-order valence-corrected chi connectivity index (χ4v) is 6.82. The van der Waals surface area contributed by atoms with Crippen molar-refractivity contribution in [1.82, 2.24) is 10.2 Å². The molecule has 164 valence electrons. The van der Waals surface area contributed by atoms with E-state index in [-0.39, 0.29) is 11.7 Å². The van der Waals surface area contributed by atoms with Gasteiger partial charge in [-0.05, 0) is 81.0 Å². The van der Waals surface area contributed by atoms with Gasteiger partial charge in [0.1, 0.15) is 0 Å². The predicted molar refractivity (Wildman–Crippen MR) is 115 cm³/mol. The van der Waals surface area contributed by atoms with Gasteiger partial charge in [0.25, 0.3) is 0 Å². The van der Waals surface area contributed by atoms with E-state index in [2.05, 4.69) is 10.2 Å². The molecule has 2 aliphatic carbocycles. The van der Waals surface area contributed by atoms with Gasteiger partial charge in [-0.15, -0.1) is 0 Å². The van der Waals surface area contributed by atoms with Crippen LogP contribution >= 0.6 is 0 Å². The van der Waals surface area contributed by atoms with Crippen LogP contribution < -0.4 is 11.1 Å². The van der Waals surface area contributed by atoms with Gasteiger partial charge in [-0.3, -0.25) is 4.79 Å². The number of rotatable bonds is 4. The first-order valence-electron chi connectivity index (χ1n) is 12.1. The van der Waals surface area contributed by atoms with Crippen molar-refractivity contribution in [1.29, 1.82) is 0 Å². The van der Waals surface area contributed by atoms with Crippen molar-refractivity contribution in [3.8, 4) is 0 Å². The Hall–Kier alpha value is -0.625. The van der Waals surface area contributed by atoms with Crippen molar-refractivity contribution in [2.75, 3.05) is 26.2 Å². The number of carbonyl (C=O) groups is 1. The van der Waals surface area contributed by atoms with Crippen molar-refractivity contribution in [2.24, 2.45) is 35.3 Å². The van der Waals surface area contributed by atoms with E-state index in [4.69, 9.17) is 5.73 Å². The molecule has 0 aromatic heterocycles. The molecule has 0 bridgehead atoms. The Balaban J connectivity index is 1.24. The summed E-state index contributed by atoms with van der Waals surface area (Å²) in [4.78, 5) is 15.3. The van der Waals surface area contributed by atoms with Crippen LogP contribution in [0.5, 0.6) is 0 Å². The zero-order chi connectivity index (χ0) is 20.4. The quantitative estimate of drug-likeness (QED) is 0.533. The summed E-state index contributed by atoms with van der Waals surface area (Å²) in [5.41, 5.74) is 5.92. The maximum Gasteiger partial charge on any atom is 0.454 e. The number of fused-ring (bicyclic) bond motifs is 1. The first-order chi connectivity index (χ1) is 14.0. The number of carbonyl (C=O) groups excluding carboxylic acids is 1. The third-order valence-corrected chi connectivity index (χ3v) is 8.69. The molecule has 2 saturated carbocycles. The summed E-state index contributed by atoms with van der Waals surface area (Å²) in [5, 5.41) is 22.5. The predicted octanol–water partition coefficient (Wildman–Crippen LogP) is 1.61. The van der Waals surface area contributed by atoms with Gasteiger partial charge in [0.15, 0.2) is 0 Å². The molecule has 0 aromatic carbocycles. The standard InChI is InChI=1S/C22H40BN3O3/c24-13-15-2-1-3-17(10-15)16-6-8-26(9-7-16)22(27)19-11-18-4-5-20(23(28)29)12-21(18)25-14-19/h15-21,25,28-29H,1-14,24H2. The minimum absolute atomic E-state index is 0.0197. The SMILES string of the molecule is NCC1CCCC(C2CCN(C(=O)C3CNC4CC(B(O)O)CCC4C3)CC2)C1. The molecule has 0 radical (unpaired) electrons. The molecule has 0 spiro atoms. The van der Waals surface area contributed by atoms with Gasteiger partial charge in [-0.25, -0.2) is 0 Å². The van der Waals surface area contributed by atoms with Gasteiger partial charge in [0.2, 0.25) is 5.91 Å². The molecular weight excluding hydrogens is 365 g/mol. The van der Waals surface area contributed by atoms with Gasteiger partial charge in [-0.2, -0.15) is 0 Å². The maximum atomic E-state index is 13.2. The maximum absolute atomic E-state index is 13.2. The second-order valence-electron chi connectivity index (χ2n) is 10.4. The van der Waals surface area contributed by atoms with Crippen molar-refractivity contribution < 1.29 is 14.8 Å². The van der Waals surface area contributed by atoms with Crippen LogP contribution in [0.4, 0.5) is 0 Å². The highest BCUT2D eigenvalue weighted by molar-refractivity contribution is 6.43. The summed E-state index contributed by atoms with van der Waals surface area (Å²) in [6.45, 7) is 3.44. The molecule has 6 unspecified atom stereocenters. The second kappa shape index (κ2) is 9.67. The van der Waals surface area contributed by atoms with E-state index < -0.39 is 7.12 Å². The van der Waals surface area contributed by atoms with Crippen molar-refractivity contribution in [2.45, 2.75) is 76.1 Å². The van der Waals surface area contributed by atoms with E-state index in [1.54, 1.807) is 0 Å². The molecule has 4 fully saturated rings. The Morgan fingerprint density at radius 1 is 0.966 bits per heavy atom. The van der Waals surface area contributed by atoms with Gasteiger partial charge < -0.3 is 26.0 Å². The average Bonchev–Trinajstić information content (AvgIpc) is 2.78. The fourth-order valence-electron chi connectivity index (χ4n) is 6.82. The molecule has 7 heteroatoms. The minimum atomic E-state index is -1.21. The smallest absolute Gasteiger partial charge is 0.427 e. The molecular formula is C22H40BN3O3. The van der Waals surface area contributed by atoms with E-state index in [1.807, 2.05) is 0 Å². The minimum Gasteiger partial charge on any atom is -0.427 e. The number of hydrogen-bond acceptors (Lipinski definition) is 5. The summed E-state index contributed by atoms with van der Waals surface area (Å²) in [6, 6.07) is 0.340. The largest absolute Gasteiger partial charge is 0.454 e. The molecule has 2 heterocycles. The average molecular weight is 405 g/mol. The second-order valence-corrected chi connectivity index (χ2v) is 10.4. The number of nitrogens with zero attached hydrogens (tertiary/aromatic N) is 1. The lowest BCUT2D eigenvalue weighted by molar-refractivity contribution is -0.139. The van der Waals surface area contributed by atoms with Crippen LogP contribution in [0.25, 0.3) is 0 Å². The van der Waals surface area contributed by atoms with Crippen molar-refractivity contribution in [3.05, 3.63) is 0 Å². The molecule has 0 aromatic rings. The highest BCUT2D eigenvalue weighted by atomic mass is 16.4. The van der Waals surface area contributed by atoms with Crippen LogP contribution in [0.1, 0.15) is 64.2 Å². The Kier molecular flexibility index (Phi) is 7.20. The highest BCUT2D eigenvalue weighted by Gasteiger charge is 2.42. The van der Waals surface area contributed by atoms with E-state index in [1.165, 1.54) is 25.7 Å². The molecule has 1 amide bonds. The third kappa shape index (κ3) is 5.00. The molecule has 6 atom stereocenters. The van der Waals surface area contributed by atoms with E-state index in [9.17, 15) is 14.8 Å². The van der Waals surface area contributed by atoms with Crippen LogP contribution in [0.3, 0.4) is 0 Å². The Morgan fingerprint density at radius 2 is 1.76 bits per heavy atom. The first kappa shape index (κ1) is 21.6. The molecule has 4 rings (SSSR count). The Bertz CT molecular complexity index is 555. The van der Waals surface area contributed by atoms with Crippen LogP contribution in [-0.4, -0.2) is 60.2 Å². The lowest BCUT2D eigenvalue weighted by atomic mass is 9.60. The number of nitrogens with one attached hydrogen (secondary N) is 1. The number of amides is 1. The van der Waals surface area contributed by atoms with Crippen LogP contribution in [0, 0.1) is 29.6 Å². The van der Waals surface area contributed by atoms with Gasteiger partial charge in [-0.1, -0.05) is 19.3 Å². The first-order valence-corrected chi connectivity index (χ1v) is 12.1. The monoisotopic (exact) mass is 405 g/mol. The van der Waals surface area contributed by atoms with E-state index in [0.717, 1.165) is 82.5 Å². The number of nitrogens with two attached hydrogens (primary N) is 1. The lowest BCUT2D eigenvalue weighted by Gasteiger charge is -2.44. The van der Waals surface area contributed by atoms with Crippen molar-refractivity contribution in [3.63, 3.8) is 0 Å². The van der Waals surface area contributed by atoms with Crippen molar-refractivity contribution >= 4 is 13.0 Å². The summed E-state index contributed by atoms with van der Waals surface area (Å²) in [5.74, 6) is 3.25.